The van der Waals surface area contributed by atoms with E-state index in [1.807, 2.05) is 0 Å². The van der Waals surface area contributed by atoms with Gasteiger partial charge in [-0.25, -0.2) is 9.97 Å². The van der Waals surface area contributed by atoms with E-state index in [0.29, 0.717) is 12.8 Å². The third-order valence-corrected chi connectivity index (χ3v) is 11.6. The highest BCUT2D eigenvalue weighted by molar-refractivity contribution is 7.72. The Morgan fingerprint density at radius 2 is 1.34 bits per heavy atom. The molecule has 0 amide bonds. The Labute approximate surface area is 287 Å². The predicted molar refractivity (Wildman–Crippen MR) is 197 cm³/mol. The molecule has 11 N–H and O–H groups in total. The largest absolute Gasteiger partial charge is 0.388 e. The zero-order chi connectivity index (χ0) is 37.0. The second-order valence-corrected chi connectivity index (χ2v) is 22.7. The molecule has 21 heteroatoms. The molecule has 0 spiro atoms. The van der Waals surface area contributed by atoms with E-state index in [4.69, 9.17) is 26.7 Å². The van der Waals surface area contributed by atoms with Crippen LogP contribution >= 0.6 is 13.8 Å². The average molecular weight is 740 g/mol. The van der Waals surface area contributed by atoms with E-state index < -0.39 is 68.4 Å². The summed E-state index contributed by atoms with van der Waals surface area (Å²) in [6.07, 6.45) is 4.97. The van der Waals surface area contributed by atoms with E-state index in [-0.39, 0.29) is 45.7 Å². The monoisotopic (exact) mass is 739 g/mol. The number of ether oxygens (including phenoxy) is 2. The topological polar surface area (TPSA) is 294 Å². The van der Waals surface area contributed by atoms with Gasteiger partial charge in [0, 0.05) is 7.05 Å². The molecule has 2 aliphatic heterocycles. The molecule has 0 bridgehead atoms. The van der Waals surface area contributed by atoms with Gasteiger partial charge in [-0.1, -0.05) is 0 Å². The molecule has 2 unspecified atom stereocenters. The number of aromatic nitrogens is 8. The third-order valence-electron chi connectivity index (χ3n) is 8.68. The molecule has 2 aliphatic rings. The van der Waals surface area contributed by atoms with Crippen LogP contribution in [0.4, 0.5) is 17.8 Å². The Balaban J connectivity index is 0.000000194. The lowest BCUT2D eigenvalue weighted by atomic mass is 10.1. The van der Waals surface area contributed by atoms with Crippen LogP contribution in [0.25, 0.3) is 22.3 Å². The standard InChI is InChI=1S/C15H24N5O4P.C14H23N6O4P/c1-19-13(23)9-12(18-15(19)16)20(7-17-9)14-11(22)10(21)8(24-14)5-6-25(2,3)4;1-25(2,3)5-4-6-8(21)9(22)12(24-6)20-10-7(17-14(20)16)11(23)19-13(15)18-10/h7-8,10-11,14,21-22H,2,5-6H2,1,3-4H3,(H2,16,18);6,8-9,12,21-22H,1,4-5H2,2-3H3,(H2,16,17)(H3,15,18,19,23)/t8-,10-,11-,14?;6-,8-,9-,12?/m11/s1. The Morgan fingerprint density at radius 1 is 0.800 bits per heavy atom. The minimum absolute atomic E-state index is 0.00902. The summed E-state index contributed by atoms with van der Waals surface area (Å²) in [6.45, 7) is 5.82. The van der Waals surface area contributed by atoms with E-state index in [2.05, 4.69) is 64.2 Å². The maximum absolute atomic E-state index is 12.2. The molecular weight excluding hydrogens is 692 g/mol. The number of aromatic amines is 1. The van der Waals surface area contributed by atoms with Crippen molar-refractivity contribution in [3.8, 4) is 0 Å². The van der Waals surface area contributed by atoms with Gasteiger partial charge in [0.2, 0.25) is 17.8 Å². The molecule has 0 aromatic carbocycles. The highest BCUT2D eigenvalue weighted by Crippen LogP contribution is 2.41. The fourth-order valence-corrected chi connectivity index (χ4v) is 7.76. The van der Waals surface area contributed by atoms with E-state index in [0.717, 1.165) is 12.3 Å². The lowest BCUT2D eigenvalue weighted by molar-refractivity contribution is -0.0353. The summed E-state index contributed by atoms with van der Waals surface area (Å²) in [4.78, 5) is 42.7. The van der Waals surface area contributed by atoms with Gasteiger partial charge in [-0.2, -0.15) is 9.97 Å². The molecule has 0 saturated carbocycles. The van der Waals surface area contributed by atoms with Crippen molar-refractivity contribution in [2.75, 3.05) is 56.2 Å². The van der Waals surface area contributed by atoms with Crippen molar-refractivity contribution in [1.82, 2.24) is 38.6 Å². The fourth-order valence-electron chi connectivity index (χ4n) is 5.85. The summed E-state index contributed by atoms with van der Waals surface area (Å²) in [7, 11) is 1.51. The number of hydrogen-bond acceptors (Lipinski definition) is 15. The van der Waals surface area contributed by atoms with Crippen LogP contribution in [0.15, 0.2) is 15.9 Å². The van der Waals surface area contributed by atoms with Crippen LogP contribution in [0.2, 0.25) is 0 Å². The number of aliphatic hydroxyl groups excluding tert-OH is 4. The first-order chi connectivity index (χ1) is 23.2. The first-order valence-electron chi connectivity index (χ1n) is 15.8. The number of hydrogen-bond donors (Lipinski definition) is 8. The fraction of sp³-hybridized carbons (Fsp3) is 0.586. The van der Waals surface area contributed by atoms with Crippen LogP contribution in [0.5, 0.6) is 0 Å². The number of fused-ring (bicyclic) bond motifs is 2. The molecule has 4 aromatic rings. The van der Waals surface area contributed by atoms with Gasteiger partial charge in [0.05, 0.1) is 18.5 Å². The van der Waals surface area contributed by atoms with E-state index in [1.165, 1.54) is 27.1 Å². The van der Waals surface area contributed by atoms with Crippen molar-refractivity contribution < 1.29 is 29.9 Å². The molecular formula is C29H47N11O8P2. The van der Waals surface area contributed by atoms with E-state index in [9.17, 15) is 30.0 Å². The van der Waals surface area contributed by atoms with Gasteiger partial charge in [-0.05, 0) is 51.8 Å². The van der Waals surface area contributed by atoms with Crippen molar-refractivity contribution in [1.29, 1.82) is 0 Å². The number of nitrogens with zero attached hydrogens (tertiary/aromatic N) is 7. The molecule has 0 radical (unpaired) electrons. The molecule has 0 aliphatic carbocycles. The maximum atomic E-state index is 12.2. The van der Waals surface area contributed by atoms with Crippen molar-refractivity contribution >= 4 is 66.5 Å². The van der Waals surface area contributed by atoms with Gasteiger partial charge in [0.1, 0.15) is 24.4 Å². The Morgan fingerprint density at radius 3 is 1.90 bits per heavy atom. The number of H-pyrrole nitrogens is 1. The lowest BCUT2D eigenvalue weighted by Gasteiger charge is -2.19. The summed E-state index contributed by atoms with van der Waals surface area (Å²) in [5, 5.41) is 41.5. The molecule has 2 fully saturated rings. The second-order valence-electron chi connectivity index (χ2n) is 14.1. The van der Waals surface area contributed by atoms with Crippen LogP contribution in [-0.2, 0) is 16.5 Å². The highest BCUT2D eigenvalue weighted by atomic mass is 31.2. The highest BCUT2D eigenvalue weighted by Gasteiger charge is 2.46. The van der Waals surface area contributed by atoms with Crippen molar-refractivity contribution in [2.45, 2.75) is 61.9 Å². The summed E-state index contributed by atoms with van der Waals surface area (Å²) < 4.78 is 15.6. The summed E-state index contributed by atoms with van der Waals surface area (Å²) in [5.41, 5.74) is 16.8. The van der Waals surface area contributed by atoms with Gasteiger partial charge >= 0.3 is 0 Å². The second kappa shape index (κ2) is 13.9. The van der Waals surface area contributed by atoms with E-state index in [1.54, 1.807) is 0 Å². The zero-order valence-electron chi connectivity index (χ0n) is 28.6. The minimum atomic E-state index is -1.30. The van der Waals surface area contributed by atoms with Crippen LogP contribution in [0.1, 0.15) is 25.3 Å². The van der Waals surface area contributed by atoms with Crippen LogP contribution in [0, 0.1) is 0 Å². The van der Waals surface area contributed by atoms with Gasteiger partial charge in [0.15, 0.2) is 34.8 Å². The molecule has 19 nitrogen and oxygen atoms in total. The molecule has 276 valence electrons. The number of rotatable bonds is 8. The van der Waals surface area contributed by atoms with Crippen LogP contribution in [-0.4, -0.2) is 147 Å². The molecule has 50 heavy (non-hydrogen) atoms. The van der Waals surface area contributed by atoms with Crippen molar-refractivity contribution in [3.05, 3.63) is 27.0 Å². The predicted octanol–water partition coefficient (Wildman–Crippen LogP) is -1.57. The molecule has 6 heterocycles. The van der Waals surface area contributed by atoms with Crippen LogP contribution < -0.4 is 28.3 Å². The smallest absolute Gasteiger partial charge is 0.282 e. The molecule has 4 aromatic heterocycles. The normalized spacial score (nSPS) is 27.2. The van der Waals surface area contributed by atoms with E-state index >= 15 is 0 Å². The number of nitrogens with one attached hydrogen (secondary N) is 1. The first-order valence-corrected chi connectivity index (χ1v) is 21.9. The number of nitrogens with two attached hydrogens (primary N) is 3. The maximum Gasteiger partial charge on any atom is 0.282 e. The Bertz CT molecular complexity index is 2100. The first kappa shape index (κ1) is 37.7. The minimum Gasteiger partial charge on any atom is -0.388 e. The third kappa shape index (κ3) is 7.55. The van der Waals surface area contributed by atoms with Crippen LogP contribution in [0.3, 0.4) is 0 Å². The lowest BCUT2D eigenvalue weighted by Crippen LogP contribution is -2.32. The Hall–Kier alpha value is -3.54. The van der Waals surface area contributed by atoms with Gasteiger partial charge < -0.3 is 47.1 Å². The number of aliphatic hydroxyl groups is 4. The Kier molecular flexibility index (Phi) is 10.5. The zero-order valence-corrected chi connectivity index (χ0v) is 30.4. The SMILES string of the molecule is C=P(C)(C)CC[C@H]1OC(n2c(N)nc3c(=O)[nH]c(N)nc32)[C@H](O)[C@@H]1O.C=P(C)(C)CC[C@H]1OC(n2cnc3c(=O)n(C)c(N)nc32)[C@H](O)[C@@H]1O. The molecule has 6 rings (SSSR count). The number of imidazole rings is 2. The van der Waals surface area contributed by atoms with Gasteiger partial charge in [-0.3, -0.25) is 28.3 Å². The van der Waals surface area contributed by atoms with Crippen molar-refractivity contribution in [2.24, 2.45) is 7.05 Å². The number of nitrogen functional groups attached to an aromatic ring is 3. The summed E-state index contributed by atoms with van der Waals surface area (Å²) >= 11 is 0. The average Bonchev–Trinajstić information content (AvgIpc) is 3.73. The molecule has 8 atom stereocenters. The van der Waals surface area contributed by atoms with Crippen molar-refractivity contribution in [3.63, 3.8) is 0 Å². The van der Waals surface area contributed by atoms with Gasteiger partial charge in [-0.15, -0.1) is 26.4 Å². The summed E-state index contributed by atoms with van der Waals surface area (Å²) in [5.74, 6) is -0.125. The van der Waals surface area contributed by atoms with Gasteiger partial charge in [0.25, 0.3) is 11.1 Å². The molecule has 2 saturated heterocycles. The quantitative estimate of drug-likeness (QED) is 0.0948. The number of anilines is 3. The summed E-state index contributed by atoms with van der Waals surface area (Å²) in [6, 6.07) is 0.